The molecule has 2 atom stereocenters. The number of carbonyl (C=O) groups is 2. The Morgan fingerprint density at radius 2 is 1.79 bits per heavy atom. The van der Waals surface area contributed by atoms with Gasteiger partial charge < -0.3 is 14.8 Å². The molecule has 2 fully saturated rings. The molecule has 0 aliphatic carbocycles. The molecule has 2 aliphatic heterocycles. The van der Waals surface area contributed by atoms with E-state index in [2.05, 4.69) is 22.3 Å². The largest absolute Gasteiger partial charge is 0.495 e. The van der Waals surface area contributed by atoms with Crippen molar-refractivity contribution >= 4 is 17.4 Å². The molecule has 0 spiro atoms. The van der Waals surface area contributed by atoms with Gasteiger partial charge in [-0.1, -0.05) is 54.6 Å². The van der Waals surface area contributed by atoms with E-state index in [-0.39, 0.29) is 24.2 Å². The number of amides is 1. The van der Waals surface area contributed by atoms with Gasteiger partial charge in [0.1, 0.15) is 5.75 Å². The second kappa shape index (κ2) is 9.79. The van der Waals surface area contributed by atoms with Crippen molar-refractivity contribution in [2.24, 2.45) is 0 Å². The van der Waals surface area contributed by atoms with Crippen LogP contribution in [-0.4, -0.2) is 55.5 Å². The molecule has 0 radical (unpaired) electrons. The van der Waals surface area contributed by atoms with Crippen molar-refractivity contribution in [3.05, 3.63) is 83.9 Å². The highest BCUT2D eigenvalue weighted by Crippen LogP contribution is 2.29. The summed E-state index contributed by atoms with van der Waals surface area (Å²) in [4.78, 5) is 27.9. The average molecular weight is 457 g/mol. The Balaban J connectivity index is 1.25. The second-order valence-electron chi connectivity index (χ2n) is 8.90. The number of morpholine rings is 1. The zero-order chi connectivity index (χ0) is 23.5. The predicted octanol–water partition coefficient (Wildman–Crippen LogP) is 4.20. The summed E-state index contributed by atoms with van der Waals surface area (Å²) in [6.07, 6.45) is 1.52. The monoisotopic (exact) mass is 456 g/mol. The van der Waals surface area contributed by atoms with E-state index >= 15 is 0 Å². The molecule has 2 saturated heterocycles. The number of rotatable bonds is 8. The summed E-state index contributed by atoms with van der Waals surface area (Å²) >= 11 is 0. The summed E-state index contributed by atoms with van der Waals surface area (Å²) in [6, 6.07) is 23.7. The van der Waals surface area contributed by atoms with Gasteiger partial charge in [-0.05, 0) is 41.3 Å². The van der Waals surface area contributed by atoms with Gasteiger partial charge in [-0.2, -0.15) is 0 Å². The first-order valence-corrected chi connectivity index (χ1v) is 11.6. The van der Waals surface area contributed by atoms with Crippen molar-refractivity contribution in [1.82, 2.24) is 4.90 Å². The van der Waals surface area contributed by atoms with Crippen LogP contribution in [0.2, 0.25) is 0 Å². The number of anilines is 1. The molecule has 2 bridgehead atoms. The Labute approximate surface area is 199 Å². The molecular weight excluding hydrogens is 428 g/mol. The second-order valence-corrected chi connectivity index (χ2v) is 8.90. The maximum Gasteiger partial charge on any atom is 0.238 e. The Morgan fingerprint density at radius 1 is 1.03 bits per heavy atom. The molecule has 1 N–H and O–H groups in total. The van der Waals surface area contributed by atoms with Gasteiger partial charge in [-0.15, -0.1) is 0 Å². The van der Waals surface area contributed by atoms with Gasteiger partial charge in [-0.25, -0.2) is 0 Å². The lowest BCUT2D eigenvalue weighted by atomic mass is 9.99. The number of ether oxygens (including phenoxy) is 2. The zero-order valence-corrected chi connectivity index (χ0v) is 19.2. The van der Waals surface area contributed by atoms with Crippen molar-refractivity contribution in [1.29, 1.82) is 0 Å². The van der Waals surface area contributed by atoms with Crippen LogP contribution in [0.25, 0.3) is 11.1 Å². The van der Waals surface area contributed by atoms with Gasteiger partial charge in [0.25, 0.3) is 0 Å². The smallest absolute Gasteiger partial charge is 0.238 e. The summed E-state index contributed by atoms with van der Waals surface area (Å²) in [5.74, 6) is 0.398. The van der Waals surface area contributed by atoms with Crippen LogP contribution in [0.4, 0.5) is 5.69 Å². The highest BCUT2D eigenvalue weighted by atomic mass is 16.5. The number of Topliss-reactive ketones (excluding diaryl/α,β-unsaturated/α-hetero) is 1. The Bertz CT molecular complexity index is 1180. The van der Waals surface area contributed by atoms with Crippen LogP contribution in [0.3, 0.4) is 0 Å². The maximum absolute atomic E-state index is 13.0. The van der Waals surface area contributed by atoms with Gasteiger partial charge in [0.15, 0.2) is 5.78 Å². The molecule has 1 amide bonds. The number of hydrogen-bond acceptors (Lipinski definition) is 5. The van der Waals surface area contributed by atoms with Crippen LogP contribution in [0.1, 0.15) is 22.3 Å². The van der Waals surface area contributed by atoms with Crippen LogP contribution in [0.15, 0.2) is 72.8 Å². The van der Waals surface area contributed by atoms with E-state index in [0.29, 0.717) is 36.2 Å². The van der Waals surface area contributed by atoms with E-state index in [1.54, 1.807) is 25.3 Å². The normalized spacial score (nSPS) is 19.2. The minimum absolute atomic E-state index is 0.0142. The van der Waals surface area contributed by atoms with E-state index in [0.717, 1.165) is 29.7 Å². The fourth-order valence-electron chi connectivity index (χ4n) is 4.76. The van der Waals surface area contributed by atoms with Gasteiger partial charge in [-0.3, -0.25) is 14.5 Å². The fourth-order valence-corrected chi connectivity index (χ4v) is 4.76. The molecule has 174 valence electrons. The zero-order valence-electron chi connectivity index (χ0n) is 19.2. The summed E-state index contributed by atoms with van der Waals surface area (Å²) < 4.78 is 11.0. The Kier molecular flexibility index (Phi) is 6.43. The van der Waals surface area contributed by atoms with Crippen molar-refractivity contribution in [3.63, 3.8) is 0 Å². The number of fused-ring (bicyclic) bond motifs is 2. The molecule has 3 aromatic carbocycles. The quantitative estimate of drug-likeness (QED) is 0.515. The molecule has 5 rings (SSSR count). The van der Waals surface area contributed by atoms with Gasteiger partial charge in [0.05, 0.1) is 32.1 Å². The molecule has 6 heteroatoms. The molecule has 2 heterocycles. The third-order valence-corrected chi connectivity index (χ3v) is 6.58. The summed E-state index contributed by atoms with van der Waals surface area (Å²) in [5.41, 5.74) is 4.25. The van der Waals surface area contributed by atoms with E-state index < -0.39 is 0 Å². The number of nitrogens with zero attached hydrogens (tertiary/aromatic N) is 1. The van der Waals surface area contributed by atoms with Crippen LogP contribution < -0.4 is 10.1 Å². The minimum atomic E-state index is -0.119. The number of likely N-dealkylation sites (tertiary alicyclic amines) is 1. The first kappa shape index (κ1) is 22.3. The lowest BCUT2D eigenvalue weighted by Gasteiger charge is -2.26. The van der Waals surface area contributed by atoms with Gasteiger partial charge in [0, 0.05) is 24.6 Å². The Hall–Kier alpha value is -3.48. The molecule has 0 saturated carbocycles. The predicted molar refractivity (Wildman–Crippen MR) is 131 cm³/mol. The summed E-state index contributed by atoms with van der Waals surface area (Å²) in [6.45, 7) is 1.79. The van der Waals surface area contributed by atoms with Crippen LogP contribution in [0.5, 0.6) is 5.75 Å². The molecule has 2 aliphatic rings. The van der Waals surface area contributed by atoms with E-state index in [4.69, 9.17) is 9.47 Å². The molecule has 3 aromatic rings. The molecule has 34 heavy (non-hydrogen) atoms. The topological polar surface area (TPSA) is 67.9 Å². The standard InChI is InChI=1S/C28H28N2O4/c1-33-27-12-11-22(14-25(27)29-28(32)17-30-16-24-15-23(30)18-34-24)26(31)13-19-7-9-21(10-8-19)20-5-3-2-4-6-20/h2-12,14,23-24H,13,15-18H2,1H3,(H,29,32)/t23-,24-/m0/s1. The number of carbonyl (C=O) groups excluding carboxylic acids is 2. The average Bonchev–Trinajstić information content (AvgIpc) is 3.48. The van der Waals surface area contributed by atoms with Crippen molar-refractivity contribution in [3.8, 4) is 16.9 Å². The molecular formula is C28H28N2O4. The van der Waals surface area contributed by atoms with Crippen molar-refractivity contribution < 1.29 is 19.1 Å². The lowest BCUT2D eigenvalue weighted by Crippen LogP contribution is -2.41. The van der Waals surface area contributed by atoms with Gasteiger partial charge >= 0.3 is 0 Å². The fraction of sp³-hybridized carbons (Fsp3) is 0.286. The first-order valence-electron chi connectivity index (χ1n) is 11.6. The van der Waals surface area contributed by atoms with Crippen molar-refractivity contribution in [2.45, 2.75) is 25.0 Å². The number of benzene rings is 3. The van der Waals surface area contributed by atoms with Crippen LogP contribution in [0, 0.1) is 0 Å². The highest BCUT2D eigenvalue weighted by molar-refractivity contribution is 6.00. The number of ketones is 1. The molecule has 6 nitrogen and oxygen atoms in total. The van der Waals surface area contributed by atoms with Crippen LogP contribution in [-0.2, 0) is 16.0 Å². The minimum Gasteiger partial charge on any atom is -0.495 e. The van der Waals surface area contributed by atoms with Crippen molar-refractivity contribution in [2.75, 3.05) is 32.1 Å². The Morgan fingerprint density at radius 3 is 2.47 bits per heavy atom. The van der Waals surface area contributed by atoms with E-state index in [1.807, 2.05) is 42.5 Å². The summed E-state index contributed by atoms with van der Waals surface area (Å²) in [5, 5.41) is 2.93. The van der Waals surface area contributed by atoms with E-state index in [9.17, 15) is 9.59 Å². The highest BCUT2D eigenvalue weighted by Gasteiger charge is 2.39. The molecule has 0 aromatic heterocycles. The first-order chi connectivity index (χ1) is 16.6. The van der Waals surface area contributed by atoms with Gasteiger partial charge in [0.2, 0.25) is 5.91 Å². The SMILES string of the molecule is COc1ccc(C(=O)Cc2ccc(-c3ccccc3)cc2)cc1NC(=O)CN1C[C@@H]2C[C@H]1CO2. The van der Waals surface area contributed by atoms with E-state index in [1.165, 1.54) is 0 Å². The maximum atomic E-state index is 13.0. The third-order valence-electron chi connectivity index (χ3n) is 6.58. The number of nitrogens with one attached hydrogen (secondary N) is 1. The number of hydrogen-bond donors (Lipinski definition) is 1. The number of methoxy groups -OCH3 is 1. The lowest BCUT2D eigenvalue weighted by molar-refractivity contribution is -0.118. The third kappa shape index (κ3) is 4.88. The summed E-state index contributed by atoms with van der Waals surface area (Å²) in [7, 11) is 1.55. The van der Waals surface area contributed by atoms with Crippen LogP contribution >= 0.6 is 0 Å². The molecule has 0 unspecified atom stereocenters.